The summed E-state index contributed by atoms with van der Waals surface area (Å²) in [6, 6.07) is 13.4. The molecule has 0 aliphatic heterocycles. The maximum atomic E-state index is 12.9. The van der Waals surface area contributed by atoms with E-state index in [1.807, 2.05) is 0 Å². The van der Waals surface area contributed by atoms with Gasteiger partial charge < -0.3 is 14.5 Å². The van der Waals surface area contributed by atoms with Crippen molar-refractivity contribution in [2.24, 2.45) is 0 Å². The van der Waals surface area contributed by atoms with Gasteiger partial charge in [-0.1, -0.05) is 13.3 Å². The summed E-state index contributed by atoms with van der Waals surface area (Å²) in [5, 5.41) is 7.30. The second-order valence-corrected chi connectivity index (χ2v) is 7.19. The first-order chi connectivity index (χ1) is 15.5. The van der Waals surface area contributed by atoms with E-state index in [1.54, 1.807) is 49.4 Å². The minimum absolute atomic E-state index is 0.183. The number of nitrogens with zero attached hydrogens (tertiary/aromatic N) is 3. The molecule has 0 aliphatic rings. The predicted molar refractivity (Wildman–Crippen MR) is 119 cm³/mol. The Balaban J connectivity index is 1.62. The van der Waals surface area contributed by atoms with Crippen LogP contribution in [0, 0.1) is 6.92 Å². The van der Waals surface area contributed by atoms with Crippen LogP contribution in [0.3, 0.4) is 0 Å². The van der Waals surface area contributed by atoms with Gasteiger partial charge in [-0.05, 0) is 49.7 Å². The third kappa shape index (κ3) is 4.77. The van der Waals surface area contributed by atoms with Gasteiger partial charge in [0.1, 0.15) is 17.3 Å². The number of carbonyl (C=O) groups is 1. The van der Waals surface area contributed by atoms with Crippen molar-refractivity contribution in [1.82, 2.24) is 19.7 Å². The summed E-state index contributed by atoms with van der Waals surface area (Å²) in [5.41, 5.74) is 1.13. The van der Waals surface area contributed by atoms with Gasteiger partial charge in [0.25, 0.3) is 11.5 Å². The van der Waals surface area contributed by atoms with Crippen LogP contribution in [-0.2, 0) is 0 Å². The molecule has 1 amide bonds. The zero-order valence-electron chi connectivity index (χ0n) is 17.8. The maximum absolute atomic E-state index is 12.9. The number of amides is 1. The molecule has 0 saturated carbocycles. The van der Waals surface area contributed by atoms with E-state index < -0.39 is 0 Å². The number of ether oxygens (including phenoxy) is 1. The Bertz CT molecular complexity index is 1260. The maximum Gasteiger partial charge on any atom is 0.256 e. The fourth-order valence-corrected chi connectivity index (χ4v) is 3.07. The summed E-state index contributed by atoms with van der Waals surface area (Å²) < 4.78 is 12.4. The summed E-state index contributed by atoms with van der Waals surface area (Å²) in [4.78, 5) is 31.8. The van der Waals surface area contributed by atoms with Gasteiger partial charge in [-0.15, -0.1) is 0 Å². The lowest BCUT2D eigenvalue weighted by molar-refractivity contribution is 0.102. The molecule has 2 N–H and O–H groups in total. The highest BCUT2D eigenvalue weighted by molar-refractivity contribution is 6.04. The van der Waals surface area contributed by atoms with Crippen LogP contribution in [0.15, 0.2) is 64.0 Å². The van der Waals surface area contributed by atoms with Crippen molar-refractivity contribution in [3.8, 4) is 23.2 Å². The molecule has 164 valence electrons. The van der Waals surface area contributed by atoms with E-state index in [9.17, 15) is 9.59 Å². The summed E-state index contributed by atoms with van der Waals surface area (Å²) in [6.45, 7) is 4.44. The first-order valence-electron chi connectivity index (χ1n) is 10.3. The number of aryl methyl sites for hydroxylation is 1. The third-order valence-corrected chi connectivity index (χ3v) is 4.67. The minimum atomic E-state index is -0.341. The number of anilines is 1. The lowest BCUT2D eigenvalue weighted by Crippen LogP contribution is -2.18. The number of hydrogen-bond donors (Lipinski definition) is 2. The number of nitrogens with one attached hydrogen (secondary N) is 2. The van der Waals surface area contributed by atoms with Gasteiger partial charge in [0.2, 0.25) is 5.95 Å². The molecule has 0 aliphatic carbocycles. The van der Waals surface area contributed by atoms with Crippen LogP contribution in [-0.4, -0.2) is 32.3 Å². The number of aromatic nitrogens is 4. The molecule has 3 aromatic heterocycles. The Labute approximate surface area is 184 Å². The monoisotopic (exact) mass is 433 g/mol. The van der Waals surface area contributed by atoms with E-state index in [4.69, 9.17) is 9.15 Å². The standard InChI is InChI=1S/C23H23N5O4/c1-3-4-11-31-17-9-7-16(8-10-17)22(30)25-20-14-18(19-6-5-12-32-19)27-28(20)23-24-15(2)13-21(29)26-23/h5-10,12-14H,3-4,11H2,1-2H3,(H,25,30)(H,24,26,29). The van der Waals surface area contributed by atoms with Crippen molar-refractivity contribution in [2.75, 3.05) is 11.9 Å². The van der Waals surface area contributed by atoms with Crippen molar-refractivity contribution in [3.05, 3.63) is 76.4 Å². The van der Waals surface area contributed by atoms with Crippen molar-refractivity contribution in [1.29, 1.82) is 0 Å². The molecular weight excluding hydrogens is 410 g/mol. The molecule has 32 heavy (non-hydrogen) atoms. The SMILES string of the molecule is CCCCOc1ccc(C(=O)Nc2cc(-c3ccco3)nn2-c2nc(C)cc(=O)[nH]2)cc1. The molecule has 0 saturated heterocycles. The van der Waals surface area contributed by atoms with E-state index in [-0.39, 0.29) is 17.4 Å². The van der Waals surface area contributed by atoms with Crippen molar-refractivity contribution < 1.29 is 13.9 Å². The number of unbranched alkanes of at least 4 members (excludes halogenated alkanes) is 1. The van der Waals surface area contributed by atoms with E-state index in [2.05, 4.69) is 27.3 Å². The van der Waals surface area contributed by atoms with Crippen molar-refractivity contribution in [3.63, 3.8) is 0 Å². The van der Waals surface area contributed by atoms with Crippen LogP contribution in [0.2, 0.25) is 0 Å². The number of benzene rings is 1. The van der Waals surface area contributed by atoms with E-state index in [1.165, 1.54) is 17.0 Å². The normalized spacial score (nSPS) is 10.8. The Morgan fingerprint density at radius 2 is 2.03 bits per heavy atom. The second kappa shape index (κ2) is 9.34. The van der Waals surface area contributed by atoms with Gasteiger partial charge >= 0.3 is 0 Å². The van der Waals surface area contributed by atoms with Crippen LogP contribution in [0.1, 0.15) is 35.8 Å². The zero-order chi connectivity index (χ0) is 22.5. The van der Waals surface area contributed by atoms with Gasteiger partial charge in [-0.25, -0.2) is 4.98 Å². The number of H-pyrrole nitrogens is 1. The Morgan fingerprint density at radius 3 is 2.72 bits per heavy atom. The fraction of sp³-hybridized carbons (Fsp3) is 0.217. The van der Waals surface area contributed by atoms with E-state index >= 15 is 0 Å². The molecule has 9 heteroatoms. The van der Waals surface area contributed by atoms with Crippen LogP contribution < -0.4 is 15.6 Å². The predicted octanol–water partition coefficient (Wildman–Crippen LogP) is 3.96. The number of hydrogen-bond acceptors (Lipinski definition) is 6. The first-order valence-corrected chi connectivity index (χ1v) is 10.3. The lowest BCUT2D eigenvalue weighted by Gasteiger charge is -2.09. The molecule has 0 radical (unpaired) electrons. The molecule has 4 aromatic rings. The van der Waals surface area contributed by atoms with Crippen LogP contribution in [0.25, 0.3) is 17.4 Å². The molecule has 0 atom stereocenters. The molecule has 0 bridgehead atoms. The van der Waals surface area contributed by atoms with Gasteiger partial charge in [-0.2, -0.15) is 9.78 Å². The highest BCUT2D eigenvalue weighted by Gasteiger charge is 2.17. The Morgan fingerprint density at radius 1 is 1.22 bits per heavy atom. The van der Waals surface area contributed by atoms with Crippen molar-refractivity contribution >= 4 is 11.7 Å². The number of aromatic amines is 1. The molecular formula is C23H23N5O4. The minimum Gasteiger partial charge on any atom is -0.494 e. The summed E-state index contributed by atoms with van der Waals surface area (Å²) in [6.07, 6.45) is 3.55. The van der Waals surface area contributed by atoms with E-state index in [0.29, 0.717) is 40.9 Å². The van der Waals surface area contributed by atoms with Crippen molar-refractivity contribution in [2.45, 2.75) is 26.7 Å². The average Bonchev–Trinajstić information content (AvgIpc) is 3.44. The second-order valence-electron chi connectivity index (χ2n) is 7.19. The summed E-state index contributed by atoms with van der Waals surface area (Å²) >= 11 is 0. The molecule has 0 fully saturated rings. The summed E-state index contributed by atoms with van der Waals surface area (Å²) in [5.74, 6) is 1.40. The Hall–Kier alpha value is -4.14. The van der Waals surface area contributed by atoms with Gasteiger partial charge in [0, 0.05) is 23.4 Å². The summed E-state index contributed by atoms with van der Waals surface area (Å²) in [7, 11) is 0. The Kier molecular flexibility index (Phi) is 6.16. The van der Waals surface area contributed by atoms with Crippen LogP contribution in [0.5, 0.6) is 5.75 Å². The molecule has 0 unspecified atom stereocenters. The van der Waals surface area contributed by atoms with Gasteiger partial charge in [0.05, 0.1) is 12.9 Å². The molecule has 1 aromatic carbocycles. The lowest BCUT2D eigenvalue weighted by atomic mass is 10.2. The molecule has 3 heterocycles. The largest absolute Gasteiger partial charge is 0.494 e. The quantitative estimate of drug-likeness (QED) is 0.407. The molecule has 4 rings (SSSR count). The van der Waals surface area contributed by atoms with Gasteiger partial charge in [0.15, 0.2) is 5.76 Å². The number of furan rings is 1. The number of rotatable bonds is 8. The number of carbonyl (C=O) groups excluding carboxylic acids is 1. The average molecular weight is 433 g/mol. The fourth-order valence-electron chi connectivity index (χ4n) is 3.07. The topological polar surface area (TPSA) is 115 Å². The van der Waals surface area contributed by atoms with Gasteiger partial charge in [-0.3, -0.25) is 14.6 Å². The third-order valence-electron chi connectivity index (χ3n) is 4.67. The highest BCUT2D eigenvalue weighted by atomic mass is 16.5. The molecule has 9 nitrogen and oxygen atoms in total. The zero-order valence-corrected chi connectivity index (χ0v) is 17.8. The molecule has 0 spiro atoms. The van der Waals surface area contributed by atoms with Crippen LogP contribution >= 0.6 is 0 Å². The van der Waals surface area contributed by atoms with Crippen LogP contribution in [0.4, 0.5) is 5.82 Å². The first kappa shape index (κ1) is 21.1. The van der Waals surface area contributed by atoms with E-state index in [0.717, 1.165) is 12.8 Å². The smallest absolute Gasteiger partial charge is 0.256 e. The highest BCUT2D eigenvalue weighted by Crippen LogP contribution is 2.24.